The molecule has 1 heterocycles. The van der Waals surface area contributed by atoms with Crippen LogP contribution in [0.25, 0.3) is 34.2 Å². The van der Waals surface area contributed by atoms with Crippen molar-refractivity contribution in [3.8, 4) is 28.3 Å². The van der Waals surface area contributed by atoms with Crippen molar-refractivity contribution >= 4 is 52.4 Å². The van der Waals surface area contributed by atoms with Gasteiger partial charge in [-0.05, 0) is 60.2 Å². The maximum atomic E-state index is 12.0. The van der Waals surface area contributed by atoms with Crippen LogP contribution in [0.3, 0.4) is 0 Å². The molecule has 1 aromatic heterocycles. The quantitative estimate of drug-likeness (QED) is 0.272. The maximum Gasteiger partial charge on any atom is 0.336 e. The van der Waals surface area contributed by atoms with Crippen molar-refractivity contribution in [2.24, 2.45) is 0 Å². The Morgan fingerprint density at radius 3 is 2.33 bits per heavy atom. The monoisotopic (exact) mass is 498 g/mol. The first-order valence-electron chi connectivity index (χ1n) is 9.76. The van der Waals surface area contributed by atoms with E-state index < -0.39 is 5.97 Å². The minimum atomic E-state index is -1.10. The van der Waals surface area contributed by atoms with E-state index in [-0.39, 0.29) is 5.57 Å². The van der Waals surface area contributed by atoms with Crippen LogP contribution in [0.15, 0.2) is 66.7 Å². The van der Waals surface area contributed by atoms with Crippen LogP contribution in [0.2, 0.25) is 15.1 Å². The lowest BCUT2D eigenvalue weighted by molar-refractivity contribution is -0.130. The van der Waals surface area contributed by atoms with Gasteiger partial charge in [0, 0.05) is 16.1 Å². The second-order valence-electron chi connectivity index (χ2n) is 7.08. The molecule has 0 fully saturated rings. The topological polar surface area (TPSA) is 75.2 Å². The summed E-state index contributed by atoms with van der Waals surface area (Å²) < 4.78 is 5.25. The molecule has 0 aliphatic carbocycles. The smallest absolute Gasteiger partial charge is 0.336 e. The van der Waals surface area contributed by atoms with E-state index in [2.05, 4.69) is 9.97 Å². The number of carbonyl (C=O) groups is 1. The number of hydrogen-bond donors (Lipinski definition) is 2. The van der Waals surface area contributed by atoms with E-state index in [0.717, 1.165) is 11.1 Å². The molecule has 3 aromatic carbocycles. The number of carboxylic acids is 1. The summed E-state index contributed by atoms with van der Waals surface area (Å²) >= 11 is 18.4. The third kappa shape index (κ3) is 5.06. The SMILES string of the molecule is COc1ccc(-c2[nH]c(/C=C(\C(=O)O)c3cccc(Cl)c3)nc2-c2ccc(Cl)c(Cl)c2)cc1. The lowest BCUT2D eigenvalue weighted by atomic mass is 10.1. The number of ether oxygens (including phenoxy) is 1. The summed E-state index contributed by atoms with van der Waals surface area (Å²) in [5.41, 5.74) is 3.37. The molecule has 0 unspecified atom stereocenters. The molecule has 0 atom stereocenters. The fraction of sp³-hybridized carbons (Fsp3) is 0.0400. The van der Waals surface area contributed by atoms with Crippen molar-refractivity contribution in [3.05, 3.63) is 93.2 Å². The summed E-state index contributed by atoms with van der Waals surface area (Å²) in [4.78, 5) is 19.9. The van der Waals surface area contributed by atoms with Gasteiger partial charge in [-0.3, -0.25) is 0 Å². The number of nitrogens with zero attached hydrogens (tertiary/aromatic N) is 1. The fourth-order valence-corrected chi connectivity index (χ4v) is 3.83. The number of hydrogen-bond acceptors (Lipinski definition) is 3. The molecular weight excluding hydrogens is 483 g/mol. The predicted octanol–water partition coefficient (Wildman–Crippen LogP) is 7.34. The van der Waals surface area contributed by atoms with E-state index >= 15 is 0 Å². The van der Waals surface area contributed by atoms with E-state index in [4.69, 9.17) is 39.5 Å². The van der Waals surface area contributed by atoms with Crippen molar-refractivity contribution < 1.29 is 14.6 Å². The fourth-order valence-electron chi connectivity index (χ4n) is 3.34. The largest absolute Gasteiger partial charge is 0.497 e. The molecule has 0 amide bonds. The molecule has 0 aliphatic rings. The Kier molecular flexibility index (Phi) is 6.75. The summed E-state index contributed by atoms with van der Waals surface area (Å²) in [5.74, 6) is -0.0291. The molecular formula is C25H17Cl3N2O3. The van der Waals surface area contributed by atoms with Crippen molar-refractivity contribution in [2.45, 2.75) is 0 Å². The Morgan fingerprint density at radius 1 is 0.970 bits per heavy atom. The zero-order valence-corrected chi connectivity index (χ0v) is 19.5. The molecule has 0 saturated carbocycles. The van der Waals surface area contributed by atoms with Crippen LogP contribution in [-0.2, 0) is 4.79 Å². The van der Waals surface area contributed by atoms with Crippen LogP contribution < -0.4 is 4.74 Å². The van der Waals surface area contributed by atoms with Gasteiger partial charge in [0.25, 0.3) is 0 Å². The van der Waals surface area contributed by atoms with Crippen LogP contribution in [-0.4, -0.2) is 28.2 Å². The number of benzene rings is 3. The Hall–Kier alpha value is -3.25. The van der Waals surface area contributed by atoms with Gasteiger partial charge < -0.3 is 14.8 Å². The highest BCUT2D eigenvalue weighted by molar-refractivity contribution is 6.42. The lowest BCUT2D eigenvalue weighted by Gasteiger charge is -2.06. The highest BCUT2D eigenvalue weighted by Crippen LogP contribution is 2.35. The number of aromatic amines is 1. The van der Waals surface area contributed by atoms with Gasteiger partial charge in [-0.1, -0.05) is 53.0 Å². The van der Waals surface area contributed by atoms with Gasteiger partial charge in [0.05, 0.1) is 34.1 Å². The molecule has 0 bridgehead atoms. The number of rotatable bonds is 6. The van der Waals surface area contributed by atoms with Crippen LogP contribution >= 0.6 is 34.8 Å². The van der Waals surface area contributed by atoms with Crippen LogP contribution in [0.4, 0.5) is 0 Å². The van der Waals surface area contributed by atoms with Gasteiger partial charge in [0.2, 0.25) is 0 Å². The molecule has 0 saturated heterocycles. The van der Waals surface area contributed by atoms with E-state index in [0.29, 0.717) is 43.6 Å². The predicted molar refractivity (Wildman–Crippen MR) is 133 cm³/mol. The number of nitrogens with one attached hydrogen (secondary N) is 1. The first kappa shape index (κ1) is 22.9. The van der Waals surface area contributed by atoms with E-state index in [9.17, 15) is 9.90 Å². The molecule has 0 spiro atoms. The van der Waals surface area contributed by atoms with Gasteiger partial charge in [-0.15, -0.1) is 0 Å². The standard InChI is InChI=1S/C25H17Cl3N2O3/c1-33-18-8-5-14(6-9-18)23-24(16-7-10-20(27)21(28)12-16)30-22(29-23)13-19(25(31)32)15-3-2-4-17(26)11-15/h2-13H,1H3,(H,29,30)(H,31,32)/b19-13-. The van der Waals surface area contributed by atoms with Gasteiger partial charge in [-0.2, -0.15) is 0 Å². The second kappa shape index (κ2) is 9.71. The third-order valence-electron chi connectivity index (χ3n) is 4.94. The van der Waals surface area contributed by atoms with Crippen molar-refractivity contribution in [3.63, 3.8) is 0 Å². The lowest BCUT2D eigenvalue weighted by Crippen LogP contribution is -2.00. The van der Waals surface area contributed by atoms with E-state index in [1.807, 2.05) is 24.3 Å². The minimum Gasteiger partial charge on any atom is -0.497 e. The summed E-state index contributed by atoms with van der Waals surface area (Å²) in [6.07, 6.45) is 1.47. The van der Waals surface area contributed by atoms with Crippen LogP contribution in [0.1, 0.15) is 11.4 Å². The summed E-state index contributed by atoms with van der Waals surface area (Å²) in [6.45, 7) is 0. The van der Waals surface area contributed by atoms with Gasteiger partial charge >= 0.3 is 5.97 Å². The molecule has 4 aromatic rings. The molecule has 2 N–H and O–H groups in total. The summed E-state index contributed by atoms with van der Waals surface area (Å²) in [6, 6.07) is 19.3. The minimum absolute atomic E-state index is 0.0493. The molecule has 0 aliphatic heterocycles. The summed E-state index contributed by atoms with van der Waals surface area (Å²) in [5, 5.41) is 11.1. The maximum absolute atomic E-state index is 12.0. The average Bonchev–Trinajstić information content (AvgIpc) is 3.23. The van der Waals surface area contributed by atoms with Crippen molar-refractivity contribution in [1.29, 1.82) is 0 Å². The molecule has 8 heteroatoms. The number of methoxy groups -OCH3 is 1. The molecule has 0 radical (unpaired) electrons. The Labute approximate surface area is 205 Å². The van der Waals surface area contributed by atoms with Gasteiger partial charge in [0.15, 0.2) is 0 Å². The van der Waals surface area contributed by atoms with E-state index in [1.165, 1.54) is 6.08 Å². The Bertz CT molecular complexity index is 1360. The highest BCUT2D eigenvalue weighted by Gasteiger charge is 2.17. The number of halogens is 3. The third-order valence-corrected chi connectivity index (χ3v) is 5.92. The number of H-pyrrole nitrogens is 1. The molecule has 166 valence electrons. The van der Waals surface area contributed by atoms with Crippen molar-refractivity contribution in [1.82, 2.24) is 9.97 Å². The van der Waals surface area contributed by atoms with Crippen molar-refractivity contribution in [2.75, 3.05) is 7.11 Å². The van der Waals surface area contributed by atoms with E-state index in [1.54, 1.807) is 49.6 Å². The zero-order valence-electron chi connectivity index (χ0n) is 17.3. The normalized spacial score (nSPS) is 11.5. The van der Waals surface area contributed by atoms with Crippen LogP contribution in [0, 0.1) is 0 Å². The Balaban J connectivity index is 1.88. The molecule has 5 nitrogen and oxygen atoms in total. The molecule has 4 rings (SSSR count). The zero-order chi connectivity index (χ0) is 23.5. The van der Waals surface area contributed by atoms with Crippen LogP contribution in [0.5, 0.6) is 5.75 Å². The first-order valence-corrected chi connectivity index (χ1v) is 10.9. The second-order valence-corrected chi connectivity index (χ2v) is 8.33. The van der Waals surface area contributed by atoms with Gasteiger partial charge in [-0.25, -0.2) is 9.78 Å². The highest BCUT2D eigenvalue weighted by atomic mass is 35.5. The Morgan fingerprint density at radius 2 is 1.70 bits per heavy atom. The number of aliphatic carboxylic acids is 1. The average molecular weight is 500 g/mol. The molecule has 33 heavy (non-hydrogen) atoms. The number of imidazole rings is 1. The summed E-state index contributed by atoms with van der Waals surface area (Å²) in [7, 11) is 1.60. The van der Waals surface area contributed by atoms with Gasteiger partial charge in [0.1, 0.15) is 11.6 Å². The number of carboxylic acid groups (broad SMARTS) is 1. The number of aromatic nitrogens is 2. The first-order chi connectivity index (χ1) is 15.9.